The molecule has 6 heteroatoms. The summed E-state index contributed by atoms with van der Waals surface area (Å²) in [5.41, 5.74) is 8.89. The van der Waals surface area contributed by atoms with Crippen LogP contribution in [-0.4, -0.2) is 25.0 Å². The minimum absolute atomic E-state index is 0.216. The lowest BCUT2D eigenvalue weighted by atomic mass is 10.2. The Morgan fingerprint density at radius 1 is 1.18 bits per heavy atom. The van der Waals surface area contributed by atoms with Crippen molar-refractivity contribution in [3.05, 3.63) is 36.0 Å². The molecular weight excluding hydrogens is 216 g/mol. The molecule has 0 aliphatic carbocycles. The van der Waals surface area contributed by atoms with Crippen molar-refractivity contribution < 1.29 is 0 Å². The van der Waals surface area contributed by atoms with E-state index in [2.05, 4.69) is 20.3 Å². The first-order chi connectivity index (χ1) is 8.24. The van der Waals surface area contributed by atoms with Gasteiger partial charge < -0.3 is 5.73 Å². The largest absolute Gasteiger partial charge is 0.368 e. The molecule has 3 rings (SSSR count). The molecule has 3 aromatic rings. The third-order valence-corrected chi connectivity index (χ3v) is 2.49. The van der Waals surface area contributed by atoms with E-state index in [0.717, 1.165) is 5.69 Å². The van der Waals surface area contributed by atoms with Crippen LogP contribution in [0.3, 0.4) is 0 Å². The fourth-order valence-corrected chi connectivity index (χ4v) is 1.60. The van der Waals surface area contributed by atoms with Gasteiger partial charge in [0.25, 0.3) is 0 Å². The second-order valence-corrected chi connectivity index (χ2v) is 3.77. The minimum Gasteiger partial charge on any atom is -0.368 e. The second-order valence-electron chi connectivity index (χ2n) is 3.77. The first-order valence-corrected chi connectivity index (χ1v) is 5.15. The Morgan fingerprint density at radius 2 is 1.94 bits per heavy atom. The van der Waals surface area contributed by atoms with E-state index in [1.54, 1.807) is 10.9 Å². The molecule has 6 nitrogen and oxygen atoms in total. The van der Waals surface area contributed by atoms with E-state index in [1.165, 1.54) is 5.56 Å². The second kappa shape index (κ2) is 3.51. The highest BCUT2D eigenvalue weighted by atomic mass is 15.4. The molecule has 0 saturated carbocycles. The van der Waals surface area contributed by atoms with Gasteiger partial charge in [0.05, 0.1) is 11.9 Å². The van der Waals surface area contributed by atoms with Gasteiger partial charge in [-0.05, 0) is 19.1 Å². The normalized spacial score (nSPS) is 10.9. The van der Waals surface area contributed by atoms with Gasteiger partial charge in [-0.2, -0.15) is 9.67 Å². The van der Waals surface area contributed by atoms with Crippen molar-refractivity contribution in [2.24, 2.45) is 0 Å². The van der Waals surface area contributed by atoms with Gasteiger partial charge in [0.2, 0.25) is 5.95 Å². The maximum absolute atomic E-state index is 5.56. The summed E-state index contributed by atoms with van der Waals surface area (Å²) >= 11 is 0. The lowest BCUT2D eigenvalue weighted by Gasteiger charge is -2.01. The Hall–Kier alpha value is -2.50. The molecule has 0 atom stereocenters. The van der Waals surface area contributed by atoms with Crippen LogP contribution >= 0.6 is 0 Å². The van der Waals surface area contributed by atoms with Crippen molar-refractivity contribution >= 4 is 17.1 Å². The lowest BCUT2D eigenvalue weighted by molar-refractivity contribution is 0.817. The number of nitrogen functional groups attached to an aromatic ring is 1. The Labute approximate surface area is 97.1 Å². The quantitative estimate of drug-likeness (QED) is 0.671. The summed E-state index contributed by atoms with van der Waals surface area (Å²) in [6.45, 7) is 2.03. The molecular formula is C11H10N6. The molecule has 84 valence electrons. The lowest BCUT2D eigenvalue weighted by Crippen LogP contribution is -2.00. The van der Waals surface area contributed by atoms with Gasteiger partial charge in [0.1, 0.15) is 0 Å². The summed E-state index contributed by atoms with van der Waals surface area (Å²) in [6.07, 6.45) is 1.56. The molecule has 2 heterocycles. The van der Waals surface area contributed by atoms with E-state index < -0.39 is 0 Å². The number of hydrogen-bond acceptors (Lipinski definition) is 5. The average molecular weight is 226 g/mol. The van der Waals surface area contributed by atoms with Gasteiger partial charge in [0.15, 0.2) is 11.2 Å². The van der Waals surface area contributed by atoms with E-state index in [1.807, 2.05) is 31.2 Å². The van der Waals surface area contributed by atoms with Crippen molar-refractivity contribution in [3.63, 3.8) is 0 Å². The summed E-state index contributed by atoms with van der Waals surface area (Å²) in [4.78, 5) is 8.02. The number of hydrogen-bond donors (Lipinski definition) is 1. The maximum Gasteiger partial charge on any atom is 0.222 e. The monoisotopic (exact) mass is 226 g/mol. The van der Waals surface area contributed by atoms with Crippen LogP contribution < -0.4 is 5.73 Å². The van der Waals surface area contributed by atoms with E-state index in [4.69, 9.17) is 5.73 Å². The predicted octanol–water partition coefficient (Wildman–Crippen LogP) is 1.10. The first-order valence-electron chi connectivity index (χ1n) is 5.15. The molecule has 0 saturated heterocycles. The smallest absolute Gasteiger partial charge is 0.222 e. The molecule has 17 heavy (non-hydrogen) atoms. The standard InChI is InChI=1S/C11H10N6/c1-7-2-4-8(5-3-7)17-10-9(15-16-17)6-13-11(12)14-10/h2-6H,1H3,(H2,12,13,14). The third-order valence-electron chi connectivity index (χ3n) is 2.49. The summed E-state index contributed by atoms with van der Waals surface area (Å²) in [5.74, 6) is 0.216. The van der Waals surface area contributed by atoms with Crippen LogP contribution in [0.2, 0.25) is 0 Å². The van der Waals surface area contributed by atoms with Crippen LogP contribution in [0.25, 0.3) is 16.9 Å². The third kappa shape index (κ3) is 1.59. The first kappa shape index (κ1) is 9.71. The molecule has 1 aromatic carbocycles. The van der Waals surface area contributed by atoms with Gasteiger partial charge in [-0.1, -0.05) is 22.9 Å². The molecule has 2 N–H and O–H groups in total. The van der Waals surface area contributed by atoms with Gasteiger partial charge >= 0.3 is 0 Å². The zero-order valence-electron chi connectivity index (χ0n) is 9.20. The van der Waals surface area contributed by atoms with Crippen molar-refractivity contribution in [2.45, 2.75) is 6.92 Å². The summed E-state index contributed by atoms with van der Waals surface area (Å²) in [5, 5.41) is 8.04. The minimum atomic E-state index is 0.216. The van der Waals surface area contributed by atoms with Crippen molar-refractivity contribution in [3.8, 4) is 5.69 Å². The molecule has 0 spiro atoms. The Balaban J connectivity index is 2.23. The zero-order chi connectivity index (χ0) is 11.8. The summed E-state index contributed by atoms with van der Waals surface area (Å²) in [6, 6.07) is 7.93. The van der Waals surface area contributed by atoms with Gasteiger partial charge in [0, 0.05) is 0 Å². The van der Waals surface area contributed by atoms with Gasteiger partial charge in [-0.3, -0.25) is 0 Å². The zero-order valence-corrected chi connectivity index (χ0v) is 9.20. The number of aromatic nitrogens is 5. The van der Waals surface area contributed by atoms with E-state index in [0.29, 0.717) is 11.2 Å². The van der Waals surface area contributed by atoms with Crippen LogP contribution in [0.1, 0.15) is 5.56 Å². The maximum atomic E-state index is 5.56. The van der Waals surface area contributed by atoms with E-state index in [-0.39, 0.29) is 5.95 Å². The Morgan fingerprint density at radius 3 is 2.71 bits per heavy atom. The van der Waals surface area contributed by atoms with Gasteiger partial charge in [-0.15, -0.1) is 5.10 Å². The van der Waals surface area contributed by atoms with E-state index in [9.17, 15) is 0 Å². The van der Waals surface area contributed by atoms with Crippen LogP contribution in [0.15, 0.2) is 30.5 Å². The fourth-order valence-electron chi connectivity index (χ4n) is 1.60. The Bertz CT molecular complexity index is 670. The molecule has 0 bridgehead atoms. The van der Waals surface area contributed by atoms with Crippen molar-refractivity contribution in [2.75, 3.05) is 5.73 Å². The average Bonchev–Trinajstić information content (AvgIpc) is 2.73. The number of fused-ring (bicyclic) bond motifs is 1. The number of rotatable bonds is 1. The molecule has 0 aliphatic heterocycles. The fraction of sp³-hybridized carbons (Fsp3) is 0.0909. The van der Waals surface area contributed by atoms with Crippen LogP contribution in [0.4, 0.5) is 5.95 Å². The Kier molecular flexibility index (Phi) is 2.01. The molecule has 0 aliphatic rings. The molecule has 0 unspecified atom stereocenters. The number of aryl methyl sites for hydroxylation is 1. The molecule has 2 aromatic heterocycles. The molecule has 0 amide bonds. The van der Waals surface area contributed by atoms with E-state index >= 15 is 0 Å². The number of nitrogens with zero attached hydrogens (tertiary/aromatic N) is 5. The van der Waals surface area contributed by atoms with Crippen LogP contribution in [0, 0.1) is 6.92 Å². The SMILES string of the molecule is Cc1ccc(-n2nnc3cnc(N)nc32)cc1. The van der Waals surface area contributed by atoms with Crippen molar-refractivity contribution in [1.82, 2.24) is 25.0 Å². The predicted molar refractivity (Wildman–Crippen MR) is 63.6 cm³/mol. The highest BCUT2D eigenvalue weighted by Gasteiger charge is 2.08. The molecule has 0 radical (unpaired) electrons. The van der Waals surface area contributed by atoms with Crippen LogP contribution in [0.5, 0.6) is 0 Å². The van der Waals surface area contributed by atoms with Crippen molar-refractivity contribution in [1.29, 1.82) is 0 Å². The summed E-state index contributed by atoms with van der Waals surface area (Å²) < 4.78 is 1.65. The molecule has 0 fully saturated rings. The number of benzene rings is 1. The summed E-state index contributed by atoms with van der Waals surface area (Å²) in [7, 11) is 0. The van der Waals surface area contributed by atoms with Crippen LogP contribution in [-0.2, 0) is 0 Å². The highest BCUT2D eigenvalue weighted by molar-refractivity contribution is 5.71. The number of nitrogens with two attached hydrogens (primary N) is 1. The van der Waals surface area contributed by atoms with Gasteiger partial charge in [-0.25, -0.2) is 4.98 Å². The topological polar surface area (TPSA) is 82.5 Å². The highest BCUT2D eigenvalue weighted by Crippen LogP contribution is 2.14. The number of anilines is 1.